The number of piperidine rings is 1. The Morgan fingerprint density at radius 3 is 2.65 bits per heavy atom. The lowest BCUT2D eigenvalue weighted by atomic mass is 9.88. The summed E-state index contributed by atoms with van der Waals surface area (Å²) >= 11 is 0. The van der Waals surface area contributed by atoms with E-state index in [0.29, 0.717) is 35.9 Å². The zero-order valence-electron chi connectivity index (χ0n) is 19.2. The van der Waals surface area contributed by atoms with E-state index in [9.17, 15) is 14.0 Å². The fraction of sp³-hybridized carbons (Fsp3) is 0.444. The summed E-state index contributed by atoms with van der Waals surface area (Å²) < 4.78 is 14.8. The number of hydrogen-bond acceptors (Lipinski definition) is 4. The Morgan fingerprint density at radius 2 is 1.82 bits per heavy atom. The number of rotatable bonds is 5. The van der Waals surface area contributed by atoms with Gasteiger partial charge in [-0.1, -0.05) is 24.3 Å². The SMILES string of the molecule is O=C(c1cc(Cc2n[nH]c(=O)c3ccccc23)ccc1F)N1CC2CCN(CC3CC3)CC2C1. The highest BCUT2D eigenvalue weighted by Crippen LogP contribution is 2.35. The van der Waals surface area contributed by atoms with Gasteiger partial charge in [0.05, 0.1) is 16.6 Å². The summed E-state index contributed by atoms with van der Waals surface area (Å²) in [6.45, 7) is 4.79. The van der Waals surface area contributed by atoms with Gasteiger partial charge in [-0.3, -0.25) is 9.59 Å². The topological polar surface area (TPSA) is 69.3 Å². The van der Waals surface area contributed by atoms with E-state index in [1.165, 1.54) is 25.5 Å². The van der Waals surface area contributed by atoms with Crippen molar-refractivity contribution in [1.29, 1.82) is 0 Å². The van der Waals surface area contributed by atoms with E-state index in [1.807, 2.05) is 23.1 Å². The number of carbonyl (C=O) groups excluding carboxylic acids is 1. The van der Waals surface area contributed by atoms with Crippen LogP contribution in [0.25, 0.3) is 10.8 Å². The van der Waals surface area contributed by atoms with Crippen LogP contribution in [0.4, 0.5) is 4.39 Å². The lowest BCUT2D eigenvalue weighted by Crippen LogP contribution is -2.40. The molecular formula is C27H29FN4O2. The second kappa shape index (κ2) is 8.62. The molecule has 3 aromatic rings. The van der Waals surface area contributed by atoms with Gasteiger partial charge in [0.25, 0.3) is 11.5 Å². The van der Waals surface area contributed by atoms with Crippen molar-refractivity contribution in [3.8, 4) is 0 Å². The number of amides is 1. The molecule has 1 saturated carbocycles. The lowest BCUT2D eigenvalue weighted by Gasteiger charge is -2.34. The number of hydrogen-bond donors (Lipinski definition) is 1. The molecule has 0 bridgehead atoms. The van der Waals surface area contributed by atoms with Crippen LogP contribution in [-0.4, -0.2) is 58.6 Å². The number of nitrogens with zero attached hydrogens (tertiary/aromatic N) is 3. The molecule has 176 valence electrons. The molecule has 1 aromatic heterocycles. The molecule has 2 aliphatic heterocycles. The van der Waals surface area contributed by atoms with Crippen LogP contribution in [0.15, 0.2) is 47.3 Å². The summed E-state index contributed by atoms with van der Waals surface area (Å²) in [5, 5.41) is 8.11. The van der Waals surface area contributed by atoms with Gasteiger partial charge in [-0.05, 0) is 67.3 Å². The molecule has 2 atom stereocenters. The first-order valence-corrected chi connectivity index (χ1v) is 12.3. The summed E-state index contributed by atoms with van der Waals surface area (Å²) in [5.74, 6) is 1.17. The lowest BCUT2D eigenvalue weighted by molar-refractivity contribution is 0.0779. The Morgan fingerprint density at radius 1 is 1.03 bits per heavy atom. The summed E-state index contributed by atoms with van der Waals surface area (Å²) in [7, 11) is 0. The maximum absolute atomic E-state index is 14.8. The number of H-pyrrole nitrogens is 1. The minimum absolute atomic E-state index is 0.125. The monoisotopic (exact) mass is 460 g/mol. The Kier molecular flexibility index (Phi) is 5.44. The smallest absolute Gasteiger partial charge is 0.272 e. The number of nitrogens with one attached hydrogen (secondary N) is 1. The molecule has 1 aliphatic carbocycles. The van der Waals surface area contributed by atoms with Gasteiger partial charge in [-0.15, -0.1) is 0 Å². The van der Waals surface area contributed by atoms with Gasteiger partial charge < -0.3 is 9.80 Å². The number of aromatic amines is 1. The van der Waals surface area contributed by atoms with Crippen LogP contribution >= 0.6 is 0 Å². The highest BCUT2D eigenvalue weighted by Gasteiger charge is 2.40. The van der Waals surface area contributed by atoms with Crippen molar-refractivity contribution >= 4 is 16.7 Å². The molecule has 7 heteroatoms. The molecule has 34 heavy (non-hydrogen) atoms. The van der Waals surface area contributed by atoms with E-state index in [-0.39, 0.29) is 17.0 Å². The average molecular weight is 461 g/mol. The van der Waals surface area contributed by atoms with Crippen LogP contribution in [0, 0.1) is 23.6 Å². The van der Waals surface area contributed by atoms with E-state index in [2.05, 4.69) is 15.1 Å². The number of aromatic nitrogens is 2. The summed E-state index contributed by atoms with van der Waals surface area (Å²) in [6, 6.07) is 12.0. The van der Waals surface area contributed by atoms with Crippen molar-refractivity contribution in [1.82, 2.24) is 20.0 Å². The number of fused-ring (bicyclic) bond motifs is 2. The third-order valence-corrected chi connectivity index (χ3v) is 7.79. The number of benzene rings is 2. The highest BCUT2D eigenvalue weighted by atomic mass is 19.1. The fourth-order valence-corrected chi connectivity index (χ4v) is 5.76. The van der Waals surface area contributed by atoms with Gasteiger partial charge in [0, 0.05) is 38.0 Å². The minimum Gasteiger partial charge on any atom is -0.338 e. The molecule has 2 aromatic carbocycles. The second-order valence-electron chi connectivity index (χ2n) is 10.3. The van der Waals surface area contributed by atoms with Crippen molar-refractivity contribution in [2.45, 2.75) is 25.7 Å². The maximum Gasteiger partial charge on any atom is 0.272 e. The van der Waals surface area contributed by atoms with E-state index >= 15 is 0 Å². The highest BCUT2D eigenvalue weighted by molar-refractivity contribution is 5.95. The largest absolute Gasteiger partial charge is 0.338 e. The third-order valence-electron chi connectivity index (χ3n) is 7.79. The number of likely N-dealkylation sites (tertiary alicyclic amines) is 2. The minimum atomic E-state index is -0.488. The van der Waals surface area contributed by atoms with E-state index in [0.717, 1.165) is 42.9 Å². The molecule has 3 fully saturated rings. The van der Waals surface area contributed by atoms with Crippen LogP contribution < -0.4 is 5.56 Å². The van der Waals surface area contributed by atoms with Crippen LogP contribution in [0.5, 0.6) is 0 Å². The zero-order valence-corrected chi connectivity index (χ0v) is 19.2. The fourth-order valence-electron chi connectivity index (χ4n) is 5.76. The standard InChI is InChI=1S/C27H29FN4O2/c28-24-8-7-18(12-25-21-3-1-2-4-22(21)26(33)30-29-25)11-23(24)27(34)32-15-19-9-10-31(13-17-5-6-17)14-20(19)16-32/h1-4,7-8,11,17,19-20H,5-6,9-10,12-16H2,(H,30,33). The predicted octanol–water partition coefficient (Wildman–Crippen LogP) is 3.46. The Bertz CT molecular complexity index is 1300. The third kappa shape index (κ3) is 4.13. The summed E-state index contributed by atoms with van der Waals surface area (Å²) in [5.41, 5.74) is 1.38. The van der Waals surface area contributed by atoms with Crippen LogP contribution in [0.1, 0.15) is 40.9 Å². The Balaban J connectivity index is 1.20. The first-order chi connectivity index (χ1) is 16.5. The molecule has 1 N–H and O–H groups in total. The maximum atomic E-state index is 14.8. The molecule has 0 spiro atoms. The predicted molar refractivity (Wildman–Crippen MR) is 128 cm³/mol. The van der Waals surface area contributed by atoms with Gasteiger partial charge >= 0.3 is 0 Å². The van der Waals surface area contributed by atoms with E-state index < -0.39 is 5.82 Å². The second-order valence-corrected chi connectivity index (χ2v) is 10.3. The molecular weight excluding hydrogens is 431 g/mol. The molecule has 3 aliphatic rings. The van der Waals surface area contributed by atoms with Gasteiger partial charge in [0.2, 0.25) is 0 Å². The van der Waals surface area contributed by atoms with Crippen LogP contribution in [-0.2, 0) is 6.42 Å². The molecule has 3 heterocycles. The Labute approximate surface area is 197 Å². The molecule has 1 amide bonds. The number of halogens is 1. The van der Waals surface area contributed by atoms with E-state index in [1.54, 1.807) is 18.2 Å². The van der Waals surface area contributed by atoms with Crippen LogP contribution in [0.3, 0.4) is 0 Å². The number of carbonyl (C=O) groups is 1. The zero-order chi connectivity index (χ0) is 23.2. The van der Waals surface area contributed by atoms with Crippen LogP contribution in [0.2, 0.25) is 0 Å². The van der Waals surface area contributed by atoms with Gasteiger partial charge in [-0.2, -0.15) is 5.10 Å². The average Bonchev–Trinajstić information content (AvgIpc) is 3.56. The normalized spacial score (nSPS) is 22.8. The van der Waals surface area contributed by atoms with Crippen molar-refractivity contribution in [2.24, 2.45) is 17.8 Å². The van der Waals surface area contributed by atoms with Crippen molar-refractivity contribution < 1.29 is 9.18 Å². The van der Waals surface area contributed by atoms with Crippen molar-refractivity contribution in [2.75, 3.05) is 32.7 Å². The van der Waals surface area contributed by atoms with Crippen molar-refractivity contribution in [3.63, 3.8) is 0 Å². The van der Waals surface area contributed by atoms with Gasteiger partial charge in [-0.25, -0.2) is 9.49 Å². The first kappa shape index (κ1) is 21.5. The molecule has 0 radical (unpaired) electrons. The summed E-state index contributed by atoms with van der Waals surface area (Å²) in [4.78, 5) is 29.8. The van der Waals surface area contributed by atoms with Gasteiger partial charge in [0.1, 0.15) is 5.82 Å². The molecule has 2 saturated heterocycles. The summed E-state index contributed by atoms with van der Waals surface area (Å²) in [6.07, 6.45) is 4.23. The molecule has 6 nitrogen and oxygen atoms in total. The Hall–Kier alpha value is -3.06. The molecule has 6 rings (SSSR count). The van der Waals surface area contributed by atoms with Gasteiger partial charge in [0.15, 0.2) is 0 Å². The first-order valence-electron chi connectivity index (χ1n) is 12.3. The van der Waals surface area contributed by atoms with E-state index in [4.69, 9.17) is 0 Å². The van der Waals surface area contributed by atoms with Crippen molar-refractivity contribution in [3.05, 3.63) is 75.5 Å². The quantitative estimate of drug-likeness (QED) is 0.633. The molecule has 2 unspecified atom stereocenters.